The van der Waals surface area contributed by atoms with E-state index in [4.69, 9.17) is 4.74 Å². The number of benzene rings is 3. The van der Waals surface area contributed by atoms with E-state index >= 15 is 0 Å². The second-order valence-corrected chi connectivity index (χ2v) is 11.8. The summed E-state index contributed by atoms with van der Waals surface area (Å²) in [5.74, 6) is -0.577. The monoisotopic (exact) mass is 553 g/mol. The van der Waals surface area contributed by atoms with Crippen LogP contribution < -0.4 is 5.32 Å². The van der Waals surface area contributed by atoms with Crippen molar-refractivity contribution >= 4 is 22.0 Å². The summed E-state index contributed by atoms with van der Waals surface area (Å²) in [6.07, 6.45) is 0.124. The third-order valence-corrected chi connectivity index (χ3v) is 8.44. The van der Waals surface area contributed by atoms with Crippen molar-refractivity contribution in [1.82, 2.24) is 10.2 Å². The molecule has 10 heteroatoms. The number of sulfonamides is 1. The quantitative estimate of drug-likeness (QED) is 0.448. The molecule has 1 aliphatic rings. The van der Waals surface area contributed by atoms with E-state index < -0.39 is 32.7 Å². The number of ether oxygens (including phenoxy) is 1. The summed E-state index contributed by atoms with van der Waals surface area (Å²) in [5.41, 5.74) is 1.88. The van der Waals surface area contributed by atoms with Crippen LogP contribution in [0.15, 0.2) is 77.2 Å². The van der Waals surface area contributed by atoms with Gasteiger partial charge < -0.3 is 20.1 Å². The molecule has 0 spiro atoms. The van der Waals surface area contributed by atoms with Gasteiger partial charge in [0, 0.05) is 31.8 Å². The normalized spacial score (nSPS) is 18.4. The molecule has 1 unspecified atom stereocenters. The number of rotatable bonds is 7. The molecule has 3 aromatic carbocycles. The van der Waals surface area contributed by atoms with E-state index in [-0.39, 0.29) is 30.5 Å². The van der Waals surface area contributed by atoms with Crippen LogP contribution in [0.4, 0.5) is 4.39 Å². The van der Waals surface area contributed by atoms with E-state index in [2.05, 4.69) is 9.71 Å². The highest BCUT2D eigenvalue weighted by Gasteiger charge is 2.47. The molecule has 2 atom stereocenters. The third kappa shape index (κ3) is 6.12. The van der Waals surface area contributed by atoms with Gasteiger partial charge in [0.25, 0.3) is 15.9 Å². The highest BCUT2D eigenvalue weighted by atomic mass is 32.2. The lowest BCUT2D eigenvalue weighted by atomic mass is 9.95. The molecule has 39 heavy (non-hydrogen) atoms. The number of aliphatic hydroxyl groups excluding tert-OH is 1. The molecule has 0 aliphatic carbocycles. The minimum Gasteiger partial charge on any atom is -0.457 e. The average Bonchev–Trinajstić information content (AvgIpc) is 2.87. The van der Waals surface area contributed by atoms with Crippen LogP contribution in [0.1, 0.15) is 53.0 Å². The zero-order chi connectivity index (χ0) is 28.4. The Kier molecular flexibility index (Phi) is 8.08. The van der Waals surface area contributed by atoms with Crippen LogP contribution >= 0.6 is 0 Å². The minimum absolute atomic E-state index is 0.0902. The zero-order valence-electron chi connectivity index (χ0n) is 22.3. The van der Waals surface area contributed by atoms with E-state index in [0.717, 1.165) is 11.1 Å². The number of hydrogen-bond acceptors (Lipinski definition) is 6. The van der Waals surface area contributed by atoms with E-state index in [1.54, 1.807) is 70.4 Å². The lowest BCUT2D eigenvalue weighted by Gasteiger charge is -2.38. The number of carbonyl (C=O) groups is 1. The second kappa shape index (κ2) is 11.2. The summed E-state index contributed by atoms with van der Waals surface area (Å²) < 4.78 is 51.1. The molecule has 1 heterocycles. The topological polar surface area (TPSA) is 108 Å². The second-order valence-electron chi connectivity index (χ2n) is 10.1. The van der Waals surface area contributed by atoms with Crippen molar-refractivity contribution in [3.63, 3.8) is 0 Å². The molecular weight excluding hydrogens is 521 g/mol. The Morgan fingerprint density at radius 2 is 1.64 bits per heavy atom. The van der Waals surface area contributed by atoms with Crippen molar-refractivity contribution in [2.24, 2.45) is 4.40 Å². The SMILES string of the molecule is CN(C)C(=O)c1ccc(-c2ccc(C3C(C)(C)OC(N[C@@H](CCO)c4ccccc4F)=NS3(=O)=O)cc2)cc1. The summed E-state index contributed by atoms with van der Waals surface area (Å²) in [7, 11) is -0.698. The van der Waals surface area contributed by atoms with Crippen LogP contribution in [0.3, 0.4) is 0 Å². The molecule has 0 fully saturated rings. The van der Waals surface area contributed by atoms with Crippen LogP contribution in [-0.4, -0.2) is 56.7 Å². The van der Waals surface area contributed by atoms with Gasteiger partial charge in [-0.25, -0.2) is 12.8 Å². The smallest absolute Gasteiger partial charge is 0.301 e. The van der Waals surface area contributed by atoms with Crippen LogP contribution in [0, 0.1) is 5.82 Å². The van der Waals surface area contributed by atoms with Gasteiger partial charge in [0.05, 0.1) is 6.04 Å². The molecule has 0 saturated heterocycles. The predicted molar refractivity (Wildman–Crippen MR) is 148 cm³/mol. The highest BCUT2D eigenvalue weighted by molar-refractivity contribution is 7.90. The number of aliphatic hydroxyl groups is 1. The molecule has 206 valence electrons. The molecule has 4 rings (SSSR count). The van der Waals surface area contributed by atoms with E-state index in [1.807, 2.05) is 24.3 Å². The maximum Gasteiger partial charge on any atom is 0.301 e. The Labute approximate surface area is 228 Å². The van der Waals surface area contributed by atoms with Gasteiger partial charge in [-0.05, 0) is 55.2 Å². The van der Waals surface area contributed by atoms with Gasteiger partial charge in [-0.3, -0.25) is 4.79 Å². The third-order valence-electron chi connectivity index (χ3n) is 6.58. The van der Waals surface area contributed by atoms with Crippen molar-refractivity contribution in [3.05, 3.63) is 95.3 Å². The van der Waals surface area contributed by atoms with Crippen molar-refractivity contribution < 1.29 is 27.4 Å². The number of amides is 1. The van der Waals surface area contributed by atoms with Gasteiger partial charge in [-0.1, -0.05) is 54.6 Å². The maximum atomic E-state index is 14.4. The van der Waals surface area contributed by atoms with Crippen molar-refractivity contribution in [2.75, 3.05) is 20.7 Å². The molecule has 3 aromatic rings. The van der Waals surface area contributed by atoms with E-state index in [9.17, 15) is 22.7 Å². The number of hydrogen-bond donors (Lipinski definition) is 2. The first kappa shape index (κ1) is 28.3. The Hall–Kier alpha value is -3.76. The van der Waals surface area contributed by atoms with Crippen molar-refractivity contribution in [2.45, 2.75) is 37.2 Å². The lowest BCUT2D eigenvalue weighted by molar-refractivity contribution is 0.0759. The molecule has 0 saturated carbocycles. The minimum atomic E-state index is -4.09. The maximum absolute atomic E-state index is 14.4. The summed E-state index contributed by atoms with van der Waals surface area (Å²) in [6, 6.07) is 19.4. The van der Waals surface area contributed by atoms with E-state index in [0.29, 0.717) is 11.1 Å². The van der Waals surface area contributed by atoms with Gasteiger partial charge >= 0.3 is 6.02 Å². The molecule has 1 aliphatic heterocycles. The van der Waals surface area contributed by atoms with Gasteiger partial charge in [-0.15, -0.1) is 4.40 Å². The molecule has 8 nitrogen and oxygen atoms in total. The number of amidine groups is 1. The fourth-order valence-electron chi connectivity index (χ4n) is 4.73. The van der Waals surface area contributed by atoms with Gasteiger partial charge in [0.2, 0.25) is 0 Å². The van der Waals surface area contributed by atoms with Crippen LogP contribution in [-0.2, 0) is 14.8 Å². The number of nitrogens with zero attached hydrogens (tertiary/aromatic N) is 2. The molecule has 1 amide bonds. The Morgan fingerprint density at radius 3 is 2.18 bits per heavy atom. The fourth-order valence-corrected chi connectivity index (χ4v) is 6.43. The molecule has 2 N–H and O–H groups in total. The van der Waals surface area contributed by atoms with Crippen molar-refractivity contribution in [3.8, 4) is 11.1 Å². The summed E-state index contributed by atoms with van der Waals surface area (Å²) in [4.78, 5) is 13.7. The largest absolute Gasteiger partial charge is 0.457 e. The van der Waals surface area contributed by atoms with Crippen LogP contribution in [0.5, 0.6) is 0 Å². The van der Waals surface area contributed by atoms with Crippen molar-refractivity contribution in [1.29, 1.82) is 0 Å². The van der Waals surface area contributed by atoms with Crippen LogP contribution in [0.25, 0.3) is 11.1 Å². The Bertz CT molecular complexity index is 1470. The van der Waals surface area contributed by atoms with E-state index in [1.165, 1.54) is 11.0 Å². The fraction of sp³-hybridized carbons (Fsp3) is 0.310. The summed E-state index contributed by atoms with van der Waals surface area (Å²) in [5, 5.41) is 11.3. The number of halogens is 1. The van der Waals surface area contributed by atoms with Gasteiger partial charge in [0.1, 0.15) is 16.7 Å². The predicted octanol–water partition coefficient (Wildman–Crippen LogP) is 4.44. The molecule has 0 aromatic heterocycles. The first-order chi connectivity index (χ1) is 18.4. The standard InChI is InChI=1S/C29H32FN3O5S/c1-29(2)26(21-13-9-19(10-14-21)20-11-15-22(16-12-20)27(35)33(3)4)39(36,37)32-28(38-29)31-25(17-18-34)23-7-5-6-8-24(23)30/h5-16,25-26,34H,17-18H2,1-4H3,(H,31,32)/t25-,26?/m0/s1. The van der Waals surface area contributed by atoms with Gasteiger partial charge in [0.15, 0.2) is 0 Å². The average molecular weight is 554 g/mol. The van der Waals surface area contributed by atoms with Crippen LogP contribution in [0.2, 0.25) is 0 Å². The lowest BCUT2D eigenvalue weighted by Crippen LogP contribution is -2.47. The Balaban J connectivity index is 1.59. The summed E-state index contributed by atoms with van der Waals surface area (Å²) in [6.45, 7) is 3.06. The first-order valence-corrected chi connectivity index (χ1v) is 14.0. The summed E-state index contributed by atoms with van der Waals surface area (Å²) >= 11 is 0. The first-order valence-electron chi connectivity index (χ1n) is 12.5. The number of carbonyl (C=O) groups excluding carboxylic acids is 1. The highest BCUT2D eigenvalue weighted by Crippen LogP contribution is 2.41. The molecule has 0 radical (unpaired) electrons. The molecule has 0 bridgehead atoms. The zero-order valence-corrected chi connectivity index (χ0v) is 23.1. The molecular formula is C29H32FN3O5S. The Morgan fingerprint density at radius 1 is 1.05 bits per heavy atom. The van der Waals surface area contributed by atoms with Gasteiger partial charge in [-0.2, -0.15) is 0 Å². The number of nitrogens with one attached hydrogen (secondary N) is 1.